The summed E-state index contributed by atoms with van der Waals surface area (Å²) in [5.41, 5.74) is 7.65. The van der Waals surface area contributed by atoms with E-state index in [9.17, 15) is 13.6 Å². The highest BCUT2D eigenvalue weighted by Crippen LogP contribution is 2.40. The monoisotopic (exact) mass is 421 g/mol. The van der Waals surface area contributed by atoms with Gasteiger partial charge in [-0.25, -0.2) is 18.6 Å². The maximum absolute atomic E-state index is 13.7. The fourth-order valence-corrected chi connectivity index (χ4v) is 3.96. The summed E-state index contributed by atoms with van der Waals surface area (Å²) in [6, 6.07) is 6.89. The van der Waals surface area contributed by atoms with Crippen molar-refractivity contribution in [3.63, 3.8) is 0 Å². The molecule has 0 unspecified atom stereocenters. The van der Waals surface area contributed by atoms with Crippen LogP contribution in [0.4, 0.5) is 20.3 Å². The van der Waals surface area contributed by atoms with Gasteiger partial charge in [0.05, 0.1) is 19.4 Å². The number of benzene rings is 1. The lowest BCUT2D eigenvalue weighted by atomic mass is 10.1. The van der Waals surface area contributed by atoms with Gasteiger partial charge in [0, 0.05) is 17.5 Å². The summed E-state index contributed by atoms with van der Waals surface area (Å²) in [7, 11) is 1.59. The molecule has 0 amide bonds. The summed E-state index contributed by atoms with van der Waals surface area (Å²) in [5, 5.41) is 3.17. The Kier molecular flexibility index (Phi) is 6.17. The second-order valence-electron chi connectivity index (χ2n) is 6.29. The number of hydrogen-bond donors (Lipinski definition) is 2. The van der Waals surface area contributed by atoms with Gasteiger partial charge in [-0.05, 0) is 43.2 Å². The zero-order chi connectivity index (χ0) is 21.1. The molecule has 0 aliphatic rings. The van der Waals surface area contributed by atoms with Crippen molar-refractivity contribution in [1.82, 2.24) is 4.98 Å². The second-order valence-corrected chi connectivity index (χ2v) is 7.29. The SMILES string of the molecule is CCOC(=O)c1sc2nc(NCc3ccc(OC)cc3C)cc(C(F)F)c2c1N. The number of carbonyl (C=O) groups excluding carboxylic acids is 1. The number of methoxy groups -OCH3 is 1. The van der Waals surface area contributed by atoms with Gasteiger partial charge in [0.25, 0.3) is 6.43 Å². The van der Waals surface area contributed by atoms with Crippen LogP contribution in [-0.2, 0) is 11.3 Å². The maximum atomic E-state index is 13.7. The number of aromatic nitrogens is 1. The number of anilines is 2. The third-order valence-electron chi connectivity index (χ3n) is 4.44. The number of carbonyl (C=O) groups is 1. The van der Waals surface area contributed by atoms with Crippen molar-refractivity contribution >= 4 is 39.0 Å². The first-order chi connectivity index (χ1) is 13.8. The number of alkyl halides is 2. The topological polar surface area (TPSA) is 86.5 Å². The number of halogens is 2. The molecule has 0 radical (unpaired) electrons. The molecule has 0 saturated heterocycles. The minimum atomic E-state index is -2.77. The number of ether oxygens (including phenoxy) is 2. The largest absolute Gasteiger partial charge is 0.497 e. The number of nitrogens with two attached hydrogens (primary N) is 1. The standard InChI is InChI=1S/C20H21F2N3O3S/c1-4-28-20(26)17-16(23)15-13(18(21)22)8-14(25-19(15)29-17)24-9-11-5-6-12(27-3)7-10(11)2/h5-8,18H,4,9,23H2,1-3H3,(H,24,25). The highest BCUT2D eigenvalue weighted by molar-refractivity contribution is 7.21. The molecule has 0 saturated carbocycles. The number of hydrogen-bond acceptors (Lipinski definition) is 7. The Hall–Kier alpha value is -2.94. The molecule has 0 aliphatic heterocycles. The number of aryl methyl sites for hydroxylation is 1. The Balaban J connectivity index is 1.96. The Morgan fingerprint density at radius 3 is 2.72 bits per heavy atom. The molecule has 29 heavy (non-hydrogen) atoms. The van der Waals surface area contributed by atoms with Crippen LogP contribution in [0.3, 0.4) is 0 Å². The van der Waals surface area contributed by atoms with Gasteiger partial charge in [0.1, 0.15) is 21.3 Å². The number of rotatable bonds is 7. The summed E-state index contributed by atoms with van der Waals surface area (Å²) in [5.74, 6) is 0.377. The molecule has 3 rings (SSSR count). The predicted octanol–water partition coefficient (Wildman–Crippen LogP) is 4.92. The number of nitrogens with one attached hydrogen (secondary N) is 1. The van der Waals surface area contributed by atoms with Crippen LogP contribution in [0, 0.1) is 6.92 Å². The number of nitrogen functional groups attached to an aromatic ring is 1. The molecule has 0 bridgehead atoms. The van der Waals surface area contributed by atoms with Crippen LogP contribution in [0.15, 0.2) is 24.3 Å². The first-order valence-corrected chi connectivity index (χ1v) is 9.72. The summed E-state index contributed by atoms with van der Waals surface area (Å²) in [6.07, 6.45) is -2.77. The molecule has 0 spiro atoms. The number of thiophene rings is 1. The Bertz CT molecular complexity index is 1050. The quantitative estimate of drug-likeness (QED) is 0.527. The lowest BCUT2D eigenvalue weighted by Crippen LogP contribution is -2.05. The lowest BCUT2D eigenvalue weighted by molar-refractivity contribution is 0.0533. The molecule has 9 heteroatoms. The smallest absolute Gasteiger partial charge is 0.350 e. The zero-order valence-corrected chi connectivity index (χ0v) is 17.0. The van der Waals surface area contributed by atoms with Crippen LogP contribution < -0.4 is 15.8 Å². The first-order valence-electron chi connectivity index (χ1n) is 8.91. The maximum Gasteiger partial charge on any atom is 0.350 e. The third-order valence-corrected chi connectivity index (χ3v) is 5.51. The fraction of sp³-hybridized carbons (Fsp3) is 0.300. The molecule has 6 nitrogen and oxygen atoms in total. The fourth-order valence-electron chi connectivity index (χ4n) is 2.94. The number of pyridine rings is 1. The number of nitrogens with zero attached hydrogens (tertiary/aromatic N) is 1. The summed E-state index contributed by atoms with van der Waals surface area (Å²) >= 11 is 0.947. The molecular weight excluding hydrogens is 400 g/mol. The van der Waals surface area contributed by atoms with E-state index in [1.54, 1.807) is 14.0 Å². The van der Waals surface area contributed by atoms with E-state index in [2.05, 4.69) is 10.3 Å². The third kappa shape index (κ3) is 4.24. The molecule has 3 aromatic rings. The van der Waals surface area contributed by atoms with Crippen molar-refractivity contribution in [3.8, 4) is 5.75 Å². The normalized spacial score (nSPS) is 11.1. The average Bonchev–Trinajstić information content (AvgIpc) is 3.03. The van der Waals surface area contributed by atoms with Gasteiger partial charge in [0.2, 0.25) is 0 Å². The number of fused-ring (bicyclic) bond motifs is 1. The van der Waals surface area contributed by atoms with Crippen LogP contribution in [-0.4, -0.2) is 24.7 Å². The summed E-state index contributed by atoms with van der Waals surface area (Å²) in [4.78, 5) is 16.8. The van der Waals surface area contributed by atoms with Gasteiger partial charge in [-0.3, -0.25) is 0 Å². The van der Waals surface area contributed by atoms with E-state index in [0.29, 0.717) is 6.54 Å². The first kappa shape index (κ1) is 20.8. The average molecular weight is 421 g/mol. The Labute approximate surface area is 170 Å². The van der Waals surface area contributed by atoms with Gasteiger partial charge >= 0.3 is 5.97 Å². The van der Waals surface area contributed by atoms with E-state index < -0.39 is 12.4 Å². The summed E-state index contributed by atoms with van der Waals surface area (Å²) < 4.78 is 37.5. The summed E-state index contributed by atoms with van der Waals surface area (Å²) in [6.45, 7) is 4.15. The molecule has 3 N–H and O–H groups in total. The van der Waals surface area contributed by atoms with Crippen molar-refractivity contribution in [1.29, 1.82) is 0 Å². The van der Waals surface area contributed by atoms with Crippen LogP contribution in [0.5, 0.6) is 5.75 Å². The van der Waals surface area contributed by atoms with E-state index in [0.717, 1.165) is 28.2 Å². The van der Waals surface area contributed by atoms with Crippen LogP contribution in [0.2, 0.25) is 0 Å². The minimum absolute atomic E-state index is 0.0243. The van der Waals surface area contributed by atoms with Crippen molar-refractivity contribution in [2.24, 2.45) is 0 Å². The van der Waals surface area contributed by atoms with E-state index in [1.807, 2.05) is 25.1 Å². The number of esters is 1. The van der Waals surface area contributed by atoms with Crippen molar-refractivity contribution in [2.45, 2.75) is 26.8 Å². The van der Waals surface area contributed by atoms with Crippen LogP contribution >= 0.6 is 11.3 Å². The molecule has 0 fully saturated rings. The van der Waals surface area contributed by atoms with Gasteiger partial charge in [-0.1, -0.05) is 6.07 Å². The zero-order valence-electron chi connectivity index (χ0n) is 16.2. The van der Waals surface area contributed by atoms with Crippen LogP contribution in [0.25, 0.3) is 10.2 Å². The highest BCUT2D eigenvalue weighted by Gasteiger charge is 2.24. The molecular formula is C20H21F2N3O3S. The van der Waals surface area contributed by atoms with E-state index in [1.165, 1.54) is 6.07 Å². The van der Waals surface area contributed by atoms with Crippen molar-refractivity contribution < 1.29 is 23.0 Å². The van der Waals surface area contributed by atoms with E-state index >= 15 is 0 Å². The van der Waals surface area contributed by atoms with Gasteiger partial charge in [-0.2, -0.15) is 0 Å². The molecule has 1 aromatic carbocycles. The molecule has 0 atom stereocenters. The van der Waals surface area contributed by atoms with Gasteiger partial charge in [-0.15, -0.1) is 11.3 Å². The lowest BCUT2D eigenvalue weighted by Gasteiger charge is -2.12. The molecule has 0 aliphatic carbocycles. The van der Waals surface area contributed by atoms with E-state index in [-0.39, 0.29) is 38.8 Å². The predicted molar refractivity (Wildman–Crippen MR) is 110 cm³/mol. The van der Waals surface area contributed by atoms with Gasteiger partial charge in [0.15, 0.2) is 0 Å². The van der Waals surface area contributed by atoms with E-state index in [4.69, 9.17) is 15.2 Å². The minimum Gasteiger partial charge on any atom is -0.497 e. The Morgan fingerprint density at radius 2 is 2.10 bits per heavy atom. The molecule has 154 valence electrons. The van der Waals surface area contributed by atoms with Crippen LogP contribution in [0.1, 0.15) is 39.7 Å². The highest BCUT2D eigenvalue weighted by atomic mass is 32.1. The van der Waals surface area contributed by atoms with Crippen molar-refractivity contribution in [2.75, 3.05) is 24.8 Å². The Morgan fingerprint density at radius 1 is 1.34 bits per heavy atom. The molecule has 2 heterocycles. The van der Waals surface area contributed by atoms with Gasteiger partial charge < -0.3 is 20.5 Å². The second kappa shape index (κ2) is 8.60. The molecule has 2 aromatic heterocycles. The van der Waals surface area contributed by atoms with Crippen molar-refractivity contribution in [3.05, 3.63) is 45.8 Å².